The number of amides is 1. The third kappa shape index (κ3) is 6.15. The second-order valence-electron chi connectivity index (χ2n) is 6.15. The fourth-order valence-electron chi connectivity index (χ4n) is 2.56. The molecule has 2 aromatic carbocycles. The van der Waals surface area contributed by atoms with E-state index in [1.165, 1.54) is 16.4 Å². The first-order valence-corrected chi connectivity index (χ1v) is 10.2. The number of aryl methyl sites for hydroxylation is 1. The van der Waals surface area contributed by atoms with Crippen molar-refractivity contribution in [3.63, 3.8) is 0 Å². The summed E-state index contributed by atoms with van der Waals surface area (Å²) in [6.07, 6.45) is 1.77. The highest BCUT2D eigenvalue weighted by molar-refractivity contribution is 7.92. The summed E-state index contributed by atoms with van der Waals surface area (Å²) in [7, 11) is -3.48. The quantitative estimate of drug-likeness (QED) is 0.768. The Labute approximate surface area is 153 Å². The predicted octanol–water partition coefficient (Wildman–Crippen LogP) is 2.65. The normalized spacial score (nSPS) is 11.2. The minimum Gasteiger partial charge on any atom is -0.356 e. The molecule has 0 fully saturated rings. The van der Waals surface area contributed by atoms with Gasteiger partial charge in [0.1, 0.15) is 5.82 Å². The van der Waals surface area contributed by atoms with Crippen molar-refractivity contribution in [2.24, 2.45) is 0 Å². The van der Waals surface area contributed by atoms with Crippen LogP contribution in [0.2, 0.25) is 0 Å². The van der Waals surface area contributed by atoms with Gasteiger partial charge in [-0.2, -0.15) is 0 Å². The smallest absolute Gasteiger partial charge is 0.232 e. The number of hydrogen-bond acceptors (Lipinski definition) is 3. The van der Waals surface area contributed by atoms with Gasteiger partial charge in [-0.15, -0.1) is 0 Å². The van der Waals surface area contributed by atoms with Gasteiger partial charge in [0, 0.05) is 19.5 Å². The number of sulfonamides is 1. The molecule has 0 atom stereocenters. The lowest BCUT2D eigenvalue weighted by atomic mass is 10.1. The molecule has 2 aromatic rings. The van der Waals surface area contributed by atoms with Crippen LogP contribution in [0.15, 0.2) is 48.5 Å². The highest BCUT2D eigenvalue weighted by atomic mass is 32.2. The fraction of sp³-hybridized carbons (Fsp3) is 0.316. The summed E-state index contributed by atoms with van der Waals surface area (Å²) >= 11 is 0. The third-order valence-corrected chi connectivity index (χ3v) is 5.08. The molecule has 0 saturated carbocycles. The van der Waals surface area contributed by atoms with Gasteiger partial charge in [0.25, 0.3) is 0 Å². The van der Waals surface area contributed by atoms with Crippen molar-refractivity contribution in [3.8, 4) is 0 Å². The van der Waals surface area contributed by atoms with Gasteiger partial charge >= 0.3 is 0 Å². The van der Waals surface area contributed by atoms with E-state index < -0.39 is 10.0 Å². The van der Waals surface area contributed by atoms with E-state index in [0.717, 1.165) is 17.4 Å². The number of halogens is 1. The highest BCUT2D eigenvalue weighted by Gasteiger charge is 2.18. The largest absolute Gasteiger partial charge is 0.356 e. The maximum Gasteiger partial charge on any atom is 0.232 e. The summed E-state index contributed by atoms with van der Waals surface area (Å²) in [5.41, 5.74) is 2.41. The van der Waals surface area contributed by atoms with Crippen LogP contribution in [0.25, 0.3) is 0 Å². The molecule has 0 radical (unpaired) electrons. The summed E-state index contributed by atoms with van der Waals surface area (Å²) in [6, 6.07) is 13.2. The maximum absolute atomic E-state index is 12.9. The molecule has 0 heterocycles. The third-order valence-electron chi connectivity index (χ3n) is 3.88. The number of carbonyl (C=O) groups excluding carboxylic acids is 1. The Morgan fingerprint density at radius 3 is 2.46 bits per heavy atom. The van der Waals surface area contributed by atoms with Gasteiger partial charge in [0.2, 0.25) is 15.9 Å². The van der Waals surface area contributed by atoms with Gasteiger partial charge in [0.15, 0.2) is 0 Å². The van der Waals surface area contributed by atoms with Crippen LogP contribution in [0.4, 0.5) is 10.1 Å². The zero-order valence-corrected chi connectivity index (χ0v) is 15.7. The minimum atomic E-state index is -3.48. The predicted molar refractivity (Wildman–Crippen MR) is 101 cm³/mol. The van der Waals surface area contributed by atoms with Gasteiger partial charge < -0.3 is 5.32 Å². The Hall–Kier alpha value is -2.41. The Balaban J connectivity index is 1.88. The number of hydrogen-bond donors (Lipinski definition) is 1. The van der Waals surface area contributed by atoms with Crippen molar-refractivity contribution in [1.29, 1.82) is 0 Å². The zero-order valence-electron chi connectivity index (χ0n) is 14.9. The van der Waals surface area contributed by atoms with E-state index in [4.69, 9.17) is 0 Å². The molecule has 7 heteroatoms. The van der Waals surface area contributed by atoms with E-state index in [-0.39, 0.29) is 24.7 Å². The van der Waals surface area contributed by atoms with Crippen LogP contribution < -0.4 is 9.62 Å². The molecule has 0 aliphatic rings. The lowest BCUT2D eigenvalue weighted by Crippen LogP contribution is -2.35. The maximum atomic E-state index is 12.9. The molecule has 0 bridgehead atoms. The van der Waals surface area contributed by atoms with Crippen molar-refractivity contribution in [2.45, 2.75) is 19.8 Å². The Bertz CT molecular complexity index is 851. The van der Waals surface area contributed by atoms with Crippen molar-refractivity contribution < 1.29 is 17.6 Å². The van der Waals surface area contributed by atoms with Gasteiger partial charge in [-0.3, -0.25) is 9.10 Å². The molecule has 0 unspecified atom stereocenters. The molecule has 1 N–H and O–H groups in total. The molecule has 26 heavy (non-hydrogen) atoms. The first-order chi connectivity index (χ1) is 12.3. The molecule has 0 aliphatic carbocycles. The standard InChI is InChI=1S/C19H23FN2O3S/c1-15-4-3-5-18(14-15)22(26(2,24)25)13-11-19(23)21-12-10-16-6-8-17(20)9-7-16/h3-9,14H,10-13H2,1-2H3,(H,21,23). The van der Waals surface area contributed by atoms with Crippen molar-refractivity contribution in [2.75, 3.05) is 23.7 Å². The molecule has 0 aromatic heterocycles. The van der Waals surface area contributed by atoms with E-state index >= 15 is 0 Å². The SMILES string of the molecule is Cc1cccc(N(CCC(=O)NCCc2ccc(F)cc2)S(C)(=O)=O)c1. The first kappa shape index (κ1) is 19.9. The summed E-state index contributed by atoms with van der Waals surface area (Å²) in [5.74, 6) is -0.525. The Morgan fingerprint density at radius 2 is 1.85 bits per heavy atom. The number of rotatable bonds is 8. The lowest BCUT2D eigenvalue weighted by Gasteiger charge is -2.22. The molecule has 2 rings (SSSR count). The highest BCUT2D eigenvalue weighted by Crippen LogP contribution is 2.19. The summed E-state index contributed by atoms with van der Waals surface area (Å²) < 4.78 is 38.2. The second kappa shape index (κ2) is 8.80. The van der Waals surface area contributed by atoms with E-state index in [1.807, 2.05) is 13.0 Å². The van der Waals surface area contributed by atoms with Crippen LogP contribution in [-0.2, 0) is 21.2 Å². The number of anilines is 1. The number of nitrogens with one attached hydrogen (secondary N) is 1. The van der Waals surface area contributed by atoms with Crippen molar-refractivity contribution in [3.05, 3.63) is 65.5 Å². The second-order valence-corrected chi connectivity index (χ2v) is 8.06. The summed E-state index contributed by atoms with van der Waals surface area (Å²) in [5, 5.41) is 2.76. The lowest BCUT2D eigenvalue weighted by molar-refractivity contribution is -0.120. The molecular formula is C19H23FN2O3S. The summed E-state index contributed by atoms with van der Waals surface area (Å²) in [6.45, 7) is 2.37. The van der Waals surface area contributed by atoms with Crippen LogP contribution in [0, 0.1) is 12.7 Å². The Morgan fingerprint density at radius 1 is 1.15 bits per heavy atom. The van der Waals surface area contributed by atoms with Crippen LogP contribution in [-0.4, -0.2) is 33.7 Å². The van der Waals surface area contributed by atoms with Gasteiger partial charge in [-0.1, -0.05) is 24.3 Å². The van der Waals surface area contributed by atoms with Gasteiger partial charge in [-0.25, -0.2) is 12.8 Å². The molecule has 0 aliphatic heterocycles. The fourth-order valence-corrected chi connectivity index (χ4v) is 3.48. The number of carbonyl (C=O) groups is 1. The molecule has 140 valence electrons. The number of benzene rings is 2. The van der Waals surface area contributed by atoms with E-state index in [2.05, 4.69) is 5.32 Å². The van der Waals surface area contributed by atoms with E-state index in [9.17, 15) is 17.6 Å². The van der Waals surface area contributed by atoms with Crippen LogP contribution in [0.5, 0.6) is 0 Å². The topological polar surface area (TPSA) is 66.5 Å². The molecule has 1 amide bonds. The average molecular weight is 378 g/mol. The molecule has 0 saturated heterocycles. The van der Waals surface area contributed by atoms with Crippen molar-refractivity contribution >= 4 is 21.6 Å². The van der Waals surface area contributed by atoms with Gasteiger partial charge in [-0.05, 0) is 48.7 Å². The molecular weight excluding hydrogens is 355 g/mol. The molecule has 5 nitrogen and oxygen atoms in total. The number of nitrogens with zero attached hydrogens (tertiary/aromatic N) is 1. The first-order valence-electron chi connectivity index (χ1n) is 8.31. The van der Waals surface area contributed by atoms with E-state index in [0.29, 0.717) is 18.7 Å². The monoisotopic (exact) mass is 378 g/mol. The van der Waals surface area contributed by atoms with E-state index in [1.54, 1.807) is 30.3 Å². The Kier molecular flexibility index (Phi) is 6.74. The average Bonchev–Trinajstić information content (AvgIpc) is 2.56. The van der Waals surface area contributed by atoms with Crippen LogP contribution >= 0.6 is 0 Å². The summed E-state index contributed by atoms with van der Waals surface area (Å²) in [4.78, 5) is 12.0. The van der Waals surface area contributed by atoms with Crippen LogP contribution in [0.1, 0.15) is 17.5 Å². The van der Waals surface area contributed by atoms with Crippen LogP contribution in [0.3, 0.4) is 0 Å². The minimum absolute atomic E-state index is 0.0600. The van der Waals surface area contributed by atoms with Crippen molar-refractivity contribution in [1.82, 2.24) is 5.32 Å². The molecule has 0 spiro atoms. The van der Waals surface area contributed by atoms with Gasteiger partial charge in [0.05, 0.1) is 11.9 Å². The zero-order chi connectivity index (χ0) is 19.2.